The fraction of sp³-hybridized carbons (Fsp3) is 0.588. The highest BCUT2D eigenvalue weighted by Gasteiger charge is 2.51. The van der Waals surface area contributed by atoms with Crippen LogP contribution in [0.5, 0.6) is 5.75 Å². The zero-order valence-corrected chi connectivity index (χ0v) is 19.1. The highest BCUT2D eigenvalue weighted by atomic mass is 31.2. The van der Waals surface area contributed by atoms with Crippen molar-refractivity contribution in [3.8, 4) is 5.75 Å². The first-order chi connectivity index (χ1) is 13.5. The largest absolute Gasteiger partial charge is 0.494 e. The fourth-order valence-corrected chi connectivity index (χ4v) is 3.81. The van der Waals surface area contributed by atoms with Crippen molar-refractivity contribution in [1.82, 2.24) is 5.32 Å². The number of carbonyl (C=O) groups excluding carboxylic acids is 1. The SMILES string of the molecule is BOP(=O)(CNC(=O)c1ccc(B2OC(C)(C)C(C)(C)O2)cc1OCC)OBC. The van der Waals surface area contributed by atoms with Crippen LogP contribution in [0.15, 0.2) is 18.2 Å². The maximum Gasteiger partial charge on any atom is 0.494 e. The number of hydrogen-bond acceptors (Lipinski definition) is 7. The van der Waals surface area contributed by atoms with Crippen LogP contribution in [0.1, 0.15) is 45.0 Å². The molecule has 1 fully saturated rings. The molecule has 1 aliphatic rings. The Morgan fingerprint density at radius 2 is 1.90 bits per heavy atom. The van der Waals surface area contributed by atoms with Crippen LogP contribution >= 0.6 is 7.60 Å². The van der Waals surface area contributed by atoms with Gasteiger partial charge < -0.3 is 28.2 Å². The molecule has 29 heavy (non-hydrogen) atoms. The first-order valence-corrected chi connectivity index (χ1v) is 11.4. The van der Waals surface area contributed by atoms with Crippen molar-refractivity contribution in [2.75, 3.05) is 12.9 Å². The summed E-state index contributed by atoms with van der Waals surface area (Å²) >= 11 is 0. The lowest BCUT2D eigenvalue weighted by molar-refractivity contribution is 0.00578. The van der Waals surface area contributed by atoms with Crippen LogP contribution < -0.4 is 15.5 Å². The van der Waals surface area contributed by atoms with Crippen molar-refractivity contribution in [2.45, 2.75) is 52.6 Å². The topological polar surface area (TPSA) is 92.3 Å². The lowest BCUT2D eigenvalue weighted by atomic mass is 9.78. The van der Waals surface area contributed by atoms with Crippen LogP contribution in [0.2, 0.25) is 6.82 Å². The van der Waals surface area contributed by atoms with Crippen molar-refractivity contribution in [2.24, 2.45) is 0 Å². The lowest BCUT2D eigenvalue weighted by Gasteiger charge is -2.32. The maximum atomic E-state index is 12.7. The number of nitrogens with one attached hydrogen (secondary N) is 1. The molecule has 1 saturated heterocycles. The van der Waals surface area contributed by atoms with E-state index < -0.39 is 31.8 Å². The lowest BCUT2D eigenvalue weighted by Crippen LogP contribution is -2.41. The van der Waals surface area contributed by atoms with Gasteiger partial charge in [-0.1, -0.05) is 12.9 Å². The number of carbonyl (C=O) groups is 1. The van der Waals surface area contributed by atoms with Gasteiger partial charge in [-0.05, 0) is 52.2 Å². The average Bonchev–Trinajstić information content (AvgIpc) is 2.88. The zero-order chi connectivity index (χ0) is 21.9. The van der Waals surface area contributed by atoms with E-state index in [1.807, 2.05) is 34.6 Å². The third-order valence-electron chi connectivity index (χ3n) is 5.11. The molecule has 1 aromatic rings. The van der Waals surface area contributed by atoms with Crippen molar-refractivity contribution in [3.05, 3.63) is 23.8 Å². The average molecular weight is 423 g/mol. The molecule has 0 aliphatic carbocycles. The van der Waals surface area contributed by atoms with Crippen molar-refractivity contribution >= 4 is 41.6 Å². The Kier molecular flexibility index (Phi) is 7.68. The first kappa shape index (κ1) is 24.0. The van der Waals surface area contributed by atoms with Gasteiger partial charge in [0.1, 0.15) is 12.0 Å². The minimum atomic E-state index is -3.37. The van der Waals surface area contributed by atoms with Crippen molar-refractivity contribution < 1.29 is 32.3 Å². The zero-order valence-electron chi connectivity index (χ0n) is 18.2. The van der Waals surface area contributed by atoms with E-state index in [4.69, 9.17) is 22.9 Å². The number of rotatable bonds is 9. The molecule has 1 amide bonds. The number of amides is 1. The Labute approximate surface area is 174 Å². The molecule has 1 heterocycles. The summed E-state index contributed by atoms with van der Waals surface area (Å²) < 4.78 is 40.2. The normalized spacial score (nSPS) is 19.4. The monoisotopic (exact) mass is 423 g/mol. The summed E-state index contributed by atoms with van der Waals surface area (Å²) in [7, 11) is -2.44. The van der Waals surface area contributed by atoms with E-state index in [-0.39, 0.29) is 13.8 Å². The van der Waals surface area contributed by atoms with Gasteiger partial charge in [0.15, 0.2) is 0 Å². The molecule has 12 heteroatoms. The minimum absolute atomic E-state index is 0.216. The van der Waals surface area contributed by atoms with Gasteiger partial charge in [-0.15, -0.1) is 0 Å². The summed E-state index contributed by atoms with van der Waals surface area (Å²) in [4.78, 5) is 12.7. The maximum absolute atomic E-state index is 12.7. The van der Waals surface area contributed by atoms with E-state index in [9.17, 15) is 9.36 Å². The summed E-state index contributed by atoms with van der Waals surface area (Å²) in [5, 5.41) is 2.59. The molecule has 1 aromatic carbocycles. The highest BCUT2D eigenvalue weighted by Crippen LogP contribution is 2.45. The summed E-state index contributed by atoms with van der Waals surface area (Å²) in [5.41, 5.74) is 0.118. The van der Waals surface area contributed by atoms with Gasteiger partial charge in [0.2, 0.25) is 0 Å². The predicted molar refractivity (Wildman–Crippen MR) is 117 cm³/mol. The molecular formula is C17H29B3NO7P. The Morgan fingerprint density at radius 3 is 2.41 bits per heavy atom. The van der Waals surface area contributed by atoms with E-state index in [0.717, 1.165) is 5.46 Å². The summed E-state index contributed by atoms with van der Waals surface area (Å²) in [6, 6.07) is 5.14. The Hall–Kier alpha value is -1.25. The Bertz CT molecular complexity index is 774. The molecule has 0 aromatic heterocycles. The number of benzene rings is 1. The second-order valence-electron chi connectivity index (χ2n) is 7.65. The van der Waals surface area contributed by atoms with E-state index in [0.29, 0.717) is 17.9 Å². The van der Waals surface area contributed by atoms with Crippen LogP contribution in [-0.4, -0.2) is 52.7 Å². The van der Waals surface area contributed by atoms with Crippen LogP contribution in [0.3, 0.4) is 0 Å². The minimum Gasteiger partial charge on any atom is -0.493 e. The second-order valence-corrected chi connectivity index (χ2v) is 9.81. The predicted octanol–water partition coefficient (Wildman–Crippen LogP) is 1.25. The number of hydrogen-bond donors (Lipinski definition) is 1. The summed E-state index contributed by atoms with van der Waals surface area (Å²) in [6.45, 7) is 11.8. The van der Waals surface area contributed by atoms with Gasteiger partial charge in [-0.3, -0.25) is 9.36 Å². The third-order valence-corrected chi connectivity index (χ3v) is 6.87. The summed E-state index contributed by atoms with van der Waals surface area (Å²) in [6.07, 6.45) is -0.235. The molecule has 0 bridgehead atoms. The smallest absolute Gasteiger partial charge is 0.493 e. The molecule has 158 valence electrons. The highest BCUT2D eigenvalue weighted by molar-refractivity contribution is 7.55. The first-order valence-electron chi connectivity index (χ1n) is 9.68. The molecule has 1 atom stereocenters. The van der Waals surface area contributed by atoms with Crippen molar-refractivity contribution in [1.29, 1.82) is 0 Å². The van der Waals surface area contributed by atoms with Crippen LogP contribution in [-0.2, 0) is 22.8 Å². The van der Waals surface area contributed by atoms with E-state index in [1.54, 1.807) is 25.0 Å². The van der Waals surface area contributed by atoms with Gasteiger partial charge in [-0.25, -0.2) is 0 Å². The molecule has 0 spiro atoms. The van der Waals surface area contributed by atoms with Crippen LogP contribution in [0, 0.1) is 0 Å². The van der Waals surface area contributed by atoms with Gasteiger partial charge in [0, 0.05) is 0 Å². The molecule has 1 aliphatic heterocycles. The summed E-state index contributed by atoms with van der Waals surface area (Å²) in [5.74, 6) is -0.0493. The number of ether oxygens (including phenoxy) is 1. The van der Waals surface area contributed by atoms with Crippen molar-refractivity contribution in [3.63, 3.8) is 0 Å². The van der Waals surface area contributed by atoms with Gasteiger partial charge in [-0.2, -0.15) is 0 Å². The quantitative estimate of drug-likeness (QED) is 0.473. The molecule has 2 rings (SSSR count). The van der Waals surface area contributed by atoms with Gasteiger partial charge in [0.05, 0.1) is 23.4 Å². The second kappa shape index (κ2) is 9.27. The molecule has 0 saturated carbocycles. The Balaban J connectivity index is 2.22. The molecule has 8 nitrogen and oxygen atoms in total. The molecule has 1 unspecified atom stereocenters. The standard InChI is InChI=1S/C17H29B3NO7P/c1-7-24-14-10-12(20-25-16(2,3)17(4,5)26-20)8-9-13(14)15(22)21-11-29(23,27-18)28-19-6/h8-10,19H,7,11,18H2,1-6H3,(H,21,22). The fourth-order valence-electron chi connectivity index (χ4n) is 2.75. The van der Waals surface area contributed by atoms with E-state index in [1.165, 1.54) is 8.05 Å². The molecular weight excluding hydrogens is 394 g/mol. The van der Waals surface area contributed by atoms with Crippen LogP contribution in [0.4, 0.5) is 0 Å². The van der Waals surface area contributed by atoms with E-state index in [2.05, 4.69) is 5.32 Å². The van der Waals surface area contributed by atoms with E-state index >= 15 is 0 Å². The van der Waals surface area contributed by atoms with Gasteiger partial charge >= 0.3 is 14.7 Å². The molecule has 0 radical (unpaired) electrons. The molecule has 1 N–H and O–H groups in total. The third kappa shape index (κ3) is 5.47. The van der Waals surface area contributed by atoms with Gasteiger partial charge in [0.25, 0.3) is 21.4 Å². The Morgan fingerprint density at radius 1 is 1.28 bits per heavy atom. The van der Waals surface area contributed by atoms with Crippen LogP contribution in [0.25, 0.3) is 0 Å².